The minimum Gasteiger partial charge on any atom is -0.478 e. The Morgan fingerprint density at radius 2 is 1.65 bits per heavy atom. The third-order valence-electron chi connectivity index (χ3n) is 2.92. The summed E-state index contributed by atoms with van der Waals surface area (Å²) in [6.45, 7) is 1.37. The van der Waals surface area contributed by atoms with E-state index in [0.717, 1.165) is 18.2 Å². The van der Waals surface area contributed by atoms with Crippen LogP contribution in [0.25, 0.3) is 11.3 Å². The van der Waals surface area contributed by atoms with Crippen molar-refractivity contribution in [3.63, 3.8) is 0 Å². The zero-order valence-electron chi connectivity index (χ0n) is 11.6. The van der Waals surface area contributed by atoms with Gasteiger partial charge in [0.1, 0.15) is 5.56 Å². The van der Waals surface area contributed by atoms with E-state index in [-0.39, 0.29) is 28.5 Å². The van der Waals surface area contributed by atoms with Gasteiger partial charge in [0, 0.05) is 17.7 Å². The molecular formula is C12H9N5O6. The second-order valence-electron chi connectivity index (χ2n) is 4.45. The molecule has 11 nitrogen and oxygen atoms in total. The highest BCUT2D eigenvalue weighted by Gasteiger charge is 2.23. The number of nitro groups is 2. The van der Waals surface area contributed by atoms with Gasteiger partial charge in [0.2, 0.25) is 5.95 Å². The summed E-state index contributed by atoms with van der Waals surface area (Å²) in [4.78, 5) is 39.0. The molecule has 0 saturated carbocycles. The van der Waals surface area contributed by atoms with Gasteiger partial charge in [0.05, 0.1) is 27.3 Å². The molecule has 0 atom stereocenters. The van der Waals surface area contributed by atoms with Crippen LogP contribution in [0, 0.1) is 27.2 Å². The molecule has 0 unspecified atom stereocenters. The Bertz CT molecular complexity index is 818. The molecule has 118 valence electrons. The predicted molar refractivity (Wildman–Crippen MR) is 76.9 cm³/mol. The van der Waals surface area contributed by atoms with Gasteiger partial charge < -0.3 is 10.8 Å². The fourth-order valence-electron chi connectivity index (χ4n) is 2.00. The van der Waals surface area contributed by atoms with Crippen LogP contribution in [0.15, 0.2) is 18.2 Å². The number of aromatic nitrogens is 2. The molecule has 2 rings (SSSR count). The average Bonchev–Trinajstić information content (AvgIpc) is 2.45. The molecule has 23 heavy (non-hydrogen) atoms. The summed E-state index contributed by atoms with van der Waals surface area (Å²) in [5, 5.41) is 31.1. The zero-order valence-corrected chi connectivity index (χ0v) is 11.6. The van der Waals surface area contributed by atoms with Crippen molar-refractivity contribution in [2.75, 3.05) is 5.73 Å². The molecule has 0 aliphatic rings. The number of carboxylic acid groups (broad SMARTS) is 1. The number of aromatic carboxylic acids is 1. The Morgan fingerprint density at radius 3 is 2.09 bits per heavy atom. The Morgan fingerprint density at radius 1 is 1.13 bits per heavy atom. The highest BCUT2D eigenvalue weighted by Crippen LogP contribution is 2.31. The highest BCUT2D eigenvalue weighted by atomic mass is 16.6. The van der Waals surface area contributed by atoms with Gasteiger partial charge in [-0.25, -0.2) is 14.8 Å². The Kier molecular flexibility index (Phi) is 3.86. The summed E-state index contributed by atoms with van der Waals surface area (Å²) in [5.41, 5.74) is 3.70. The molecule has 0 amide bonds. The summed E-state index contributed by atoms with van der Waals surface area (Å²) in [6, 6.07) is 2.74. The SMILES string of the molecule is Cc1nc(N)nc(-c2cc([N+](=O)[O-])cc([N+](=O)[O-])c2)c1C(=O)O. The molecule has 0 saturated heterocycles. The van der Waals surface area contributed by atoms with Crippen molar-refractivity contribution in [3.8, 4) is 11.3 Å². The number of hydrogen-bond acceptors (Lipinski definition) is 8. The monoisotopic (exact) mass is 319 g/mol. The normalized spacial score (nSPS) is 10.3. The lowest BCUT2D eigenvalue weighted by Gasteiger charge is -2.09. The number of nitrogens with two attached hydrogens (primary N) is 1. The van der Waals surface area contributed by atoms with E-state index in [1.807, 2.05) is 0 Å². The molecule has 0 aliphatic heterocycles. The minimum absolute atomic E-state index is 0.0363. The van der Waals surface area contributed by atoms with Crippen molar-refractivity contribution in [2.24, 2.45) is 0 Å². The molecule has 0 spiro atoms. The summed E-state index contributed by atoms with van der Waals surface area (Å²) in [5.74, 6) is -1.64. The van der Waals surface area contributed by atoms with Gasteiger partial charge in [-0.05, 0) is 6.92 Å². The van der Waals surface area contributed by atoms with Gasteiger partial charge in [-0.15, -0.1) is 0 Å². The van der Waals surface area contributed by atoms with Gasteiger partial charge in [0.15, 0.2) is 0 Å². The number of hydrogen-bond donors (Lipinski definition) is 2. The fraction of sp³-hybridized carbons (Fsp3) is 0.0833. The van der Waals surface area contributed by atoms with E-state index in [9.17, 15) is 30.1 Å². The van der Waals surface area contributed by atoms with Crippen LogP contribution in [0.1, 0.15) is 16.1 Å². The van der Waals surface area contributed by atoms with Gasteiger partial charge in [-0.1, -0.05) is 0 Å². The highest BCUT2D eigenvalue weighted by molar-refractivity contribution is 5.96. The smallest absolute Gasteiger partial charge is 0.339 e. The molecular weight excluding hydrogens is 310 g/mol. The van der Waals surface area contributed by atoms with Crippen molar-refractivity contribution < 1.29 is 19.7 Å². The van der Waals surface area contributed by atoms with E-state index in [2.05, 4.69) is 9.97 Å². The van der Waals surface area contributed by atoms with E-state index in [1.165, 1.54) is 6.92 Å². The molecule has 0 bridgehead atoms. The van der Waals surface area contributed by atoms with Crippen LogP contribution in [-0.4, -0.2) is 30.9 Å². The number of carbonyl (C=O) groups is 1. The molecule has 1 aromatic heterocycles. The lowest BCUT2D eigenvalue weighted by molar-refractivity contribution is -0.394. The number of benzene rings is 1. The summed E-state index contributed by atoms with van der Waals surface area (Å²) < 4.78 is 0. The molecule has 3 N–H and O–H groups in total. The van der Waals surface area contributed by atoms with Gasteiger partial charge in [0.25, 0.3) is 11.4 Å². The molecule has 2 aromatic rings. The Labute approximate surface area is 127 Å². The van der Waals surface area contributed by atoms with Crippen LogP contribution in [0.3, 0.4) is 0 Å². The van der Waals surface area contributed by atoms with Gasteiger partial charge in [-0.2, -0.15) is 0 Å². The summed E-state index contributed by atoms with van der Waals surface area (Å²) in [6.07, 6.45) is 0. The molecule has 1 heterocycles. The van der Waals surface area contributed by atoms with Crippen LogP contribution < -0.4 is 5.73 Å². The molecule has 0 aliphatic carbocycles. The van der Waals surface area contributed by atoms with Crippen LogP contribution in [0.4, 0.5) is 17.3 Å². The number of carboxylic acids is 1. The molecule has 11 heteroatoms. The van der Waals surface area contributed by atoms with Gasteiger partial charge in [-0.3, -0.25) is 20.2 Å². The molecule has 1 aromatic carbocycles. The Balaban J connectivity index is 2.83. The van der Waals surface area contributed by atoms with E-state index in [1.54, 1.807) is 0 Å². The Hall–Kier alpha value is -3.63. The first-order chi connectivity index (χ1) is 10.7. The number of nitrogens with zero attached hydrogens (tertiary/aromatic N) is 4. The first-order valence-corrected chi connectivity index (χ1v) is 6.02. The maximum Gasteiger partial charge on any atom is 0.339 e. The number of rotatable bonds is 4. The molecule has 0 fully saturated rings. The zero-order chi connectivity index (χ0) is 17.3. The summed E-state index contributed by atoms with van der Waals surface area (Å²) in [7, 11) is 0. The third kappa shape index (κ3) is 3.02. The maximum atomic E-state index is 11.4. The number of nitro benzene ring substituents is 2. The number of anilines is 1. The predicted octanol–water partition coefficient (Wildman–Crippen LogP) is 1.55. The van der Waals surface area contributed by atoms with Crippen LogP contribution in [-0.2, 0) is 0 Å². The van der Waals surface area contributed by atoms with Crippen molar-refractivity contribution in [1.29, 1.82) is 0 Å². The van der Waals surface area contributed by atoms with E-state index >= 15 is 0 Å². The standard InChI is InChI=1S/C12H9N5O6/c1-5-9(11(18)19)10(15-12(13)14-5)6-2-7(16(20)21)4-8(3-6)17(22)23/h2-4H,1H3,(H,18,19)(H2,13,14,15). The van der Waals surface area contributed by atoms with E-state index < -0.39 is 27.2 Å². The second-order valence-corrected chi connectivity index (χ2v) is 4.45. The first kappa shape index (κ1) is 15.8. The average molecular weight is 319 g/mol. The fourth-order valence-corrected chi connectivity index (χ4v) is 2.00. The number of nitrogen functional groups attached to an aromatic ring is 1. The van der Waals surface area contributed by atoms with Crippen molar-refractivity contribution in [2.45, 2.75) is 6.92 Å². The van der Waals surface area contributed by atoms with Crippen LogP contribution in [0.5, 0.6) is 0 Å². The number of non-ortho nitro benzene ring substituents is 2. The van der Waals surface area contributed by atoms with Crippen molar-refractivity contribution >= 4 is 23.3 Å². The van der Waals surface area contributed by atoms with Crippen molar-refractivity contribution in [3.05, 3.63) is 49.7 Å². The minimum atomic E-state index is -1.38. The van der Waals surface area contributed by atoms with Gasteiger partial charge >= 0.3 is 5.97 Å². The largest absolute Gasteiger partial charge is 0.478 e. The maximum absolute atomic E-state index is 11.4. The van der Waals surface area contributed by atoms with Crippen LogP contribution >= 0.6 is 0 Å². The first-order valence-electron chi connectivity index (χ1n) is 6.02. The van der Waals surface area contributed by atoms with E-state index in [0.29, 0.717) is 0 Å². The lowest BCUT2D eigenvalue weighted by atomic mass is 10.0. The van der Waals surface area contributed by atoms with E-state index in [4.69, 9.17) is 5.73 Å². The summed E-state index contributed by atoms with van der Waals surface area (Å²) >= 11 is 0. The topological polar surface area (TPSA) is 175 Å². The third-order valence-corrected chi connectivity index (χ3v) is 2.92. The van der Waals surface area contributed by atoms with Crippen molar-refractivity contribution in [1.82, 2.24) is 9.97 Å². The lowest BCUT2D eigenvalue weighted by Crippen LogP contribution is -2.10. The molecule has 0 radical (unpaired) electrons. The van der Waals surface area contributed by atoms with Crippen LogP contribution in [0.2, 0.25) is 0 Å². The second kappa shape index (κ2) is 5.63. The quantitative estimate of drug-likeness (QED) is 0.625. The number of aryl methyl sites for hydroxylation is 1.